The van der Waals surface area contributed by atoms with E-state index < -0.39 is 0 Å². The Morgan fingerprint density at radius 1 is 0.868 bits per heavy atom. The van der Waals surface area contributed by atoms with Gasteiger partial charge in [0.15, 0.2) is 0 Å². The molecule has 0 radical (unpaired) electrons. The predicted octanol–water partition coefficient (Wildman–Crippen LogP) is 3.99. The number of nitrogens with zero attached hydrogens (tertiary/aromatic N) is 3. The van der Waals surface area contributed by atoms with E-state index in [4.69, 9.17) is 18.9 Å². The molecule has 0 atom stereocenters. The van der Waals surface area contributed by atoms with Crippen molar-refractivity contribution in [2.24, 2.45) is 5.92 Å². The molecule has 3 aliphatic rings. The molecule has 1 aliphatic heterocycles. The van der Waals surface area contributed by atoms with E-state index in [1.165, 1.54) is 24.8 Å². The smallest absolute Gasteiger partial charge is 0.320 e. The molecule has 8 nitrogen and oxygen atoms in total. The van der Waals surface area contributed by atoms with Gasteiger partial charge in [-0.15, -0.1) is 0 Å². The molecule has 4 rings (SSSR count). The summed E-state index contributed by atoms with van der Waals surface area (Å²) in [7, 11) is 6.08. The first-order chi connectivity index (χ1) is 18.5. The van der Waals surface area contributed by atoms with Crippen molar-refractivity contribution >= 4 is 6.03 Å². The minimum absolute atomic E-state index is 0.0308. The van der Waals surface area contributed by atoms with Crippen molar-refractivity contribution in [1.82, 2.24) is 14.7 Å². The molecule has 1 aromatic carbocycles. The number of ether oxygens (including phenoxy) is 4. The summed E-state index contributed by atoms with van der Waals surface area (Å²) in [6.45, 7) is 6.26. The Kier molecular flexibility index (Phi) is 10.8. The minimum atomic E-state index is -0.0626. The molecule has 8 heteroatoms. The average molecular weight is 532 g/mol. The molecule has 1 saturated heterocycles. The summed E-state index contributed by atoms with van der Waals surface area (Å²) in [5.74, 6) is 0.664. The topological polar surface area (TPSA) is 63.7 Å². The average Bonchev–Trinajstić information content (AvgIpc) is 3.15. The van der Waals surface area contributed by atoms with Crippen LogP contribution in [0.3, 0.4) is 0 Å². The Balaban J connectivity index is 1.28. The second-order valence-electron chi connectivity index (χ2n) is 11.5. The third-order valence-corrected chi connectivity index (χ3v) is 9.08. The first kappa shape index (κ1) is 29.3. The van der Waals surface area contributed by atoms with Crippen molar-refractivity contribution in [3.8, 4) is 0 Å². The molecule has 1 heterocycles. The van der Waals surface area contributed by atoms with Crippen LogP contribution >= 0.6 is 0 Å². The maximum atomic E-state index is 13.7. The molecule has 3 fully saturated rings. The maximum absolute atomic E-state index is 13.7. The van der Waals surface area contributed by atoms with Crippen LogP contribution in [0, 0.1) is 5.92 Å². The number of urea groups is 1. The fourth-order valence-electron chi connectivity index (χ4n) is 6.42. The summed E-state index contributed by atoms with van der Waals surface area (Å²) in [5, 5.41) is 0. The Morgan fingerprint density at radius 2 is 1.47 bits per heavy atom. The Morgan fingerprint density at radius 3 is 2.03 bits per heavy atom. The highest BCUT2D eigenvalue weighted by molar-refractivity contribution is 5.78. The Labute approximate surface area is 229 Å². The third-order valence-electron chi connectivity index (χ3n) is 9.08. The molecule has 2 aliphatic carbocycles. The number of rotatable bonds is 16. The molecule has 1 aromatic rings. The van der Waals surface area contributed by atoms with E-state index in [-0.39, 0.29) is 17.1 Å². The zero-order valence-corrected chi connectivity index (χ0v) is 23.9. The number of carbonyl (C=O) groups is 1. The van der Waals surface area contributed by atoms with Crippen molar-refractivity contribution in [1.29, 1.82) is 0 Å². The Hall–Kier alpha value is -1.71. The number of methoxy groups -OCH3 is 1. The van der Waals surface area contributed by atoms with E-state index in [0.29, 0.717) is 58.7 Å². The number of carbonyl (C=O) groups excluding carboxylic acids is 1. The fraction of sp³-hybridized carbons (Fsp3) is 0.767. The van der Waals surface area contributed by atoms with Gasteiger partial charge in [-0.25, -0.2) is 4.79 Å². The van der Waals surface area contributed by atoms with E-state index in [0.717, 1.165) is 38.8 Å². The number of benzene rings is 1. The van der Waals surface area contributed by atoms with E-state index in [2.05, 4.69) is 54.2 Å². The zero-order chi connectivity index (χ0) is 26.8. The summed E-state index contributed by atoms with van der Waals surface area (Å²) < 4.78 is 21.7. The van der Waals surface area contributed by atoms with Crippen LogP contribution in [0.15, 0.2) is 30.3 Å². The zero-order valence-electron chi connectivity index (χ0n) is 23.9. The molecular weight excluding hydrogens is 482 g/mol. The van der Waals surface area contributed by atoms with Gasteiger partial charge in [0.05, 0.1) is 51.8 Å². The minimum Gasteiger partial charge on any atom is -0.382 e. The SMILES string of the molecule is COCCOCCOCCOCCN1C[C@]2(CC[C@](c3ccccc3)(N(C)C)CC2)N(CC2CCC2)C1=O. The summed E-state index contributed by atoms with van der Waals surface area (Å²) >= 11 is 0. The standard InChI is InChI=1S/C30H49N3O5/c1-31(2)30(27-10-5-4-6-11-27)14-12-29(13-15-30)25-32(28(34)33(29)24-26-8-7-9-26)16-17-36-20-21-38-23-22-37-19-18-35-3/h4-6,10-11,26H,7-9,12-25H2,1-3H3/t29-,30+. The molecule has 2 amide bonds. The van der Waals surface area contributed by atoms with Gasteiger partial charge in [-0.2, -0.15) is 0 Å². The second kappa shape index (κ2) is 14.1. The third kappa shape index (κ3) is 6.89. The van der Waals surface area contributed by atoms with Gasteiger partial charge in [-0.05, 0) is 64.1 Å². The number of hydrogen-bond donors (Lipinski definition) is 0. The highest BCUT2D eigenvalue weighted by atomic mass is 16.6. The highest BCUT2D eigenvalue weighted by Gasteiger charge is 2.54. The lowest BCUT2D eigenvalue weighted by Gasteiger charge is -2.51. The number of amides is 2. The highest BCUT2D eigenvalue weighted by Crippen LogP contribution is 2.49. The molecule has 0 aromatic heterocycles. The van der Waals surface area contributed by atoms with Gasteiger partial charge in [-0.1, -0.05) is 36.8 Å². The van der Waals surface area contributed by atoms with Crippen LogP contribution in [-0.4, -0.2) is 113 Å². The maximum Gasteiger partial charge on any atom is 0.320 e. The summed E-state index contributed by atoms with van der Waals surface area (Å²) in [6.07, 6.45) is 8.02. The molecule has 214 valence electrons. The van der Waals surface area contributed by atoms with Gasteiger partial charge in [0.25, 0.3) is 0 Å². The first-order valence-corrected chi connectivity index (χ1v) is 14.5. The van der Waals surface area contributed by atoms with Crippen molar-refractivity contribution in [2.75, 3.05) is 87.1 Å². The first-order valence-electron chi connectivity index (χ1n) is 14.5. The van der Waals surface area contributed by atoms with Crippen LogP contribution in [-0.2, 0) is 24.5 Å². The summed E-state index contributed by atoms with van der Waals surface area (Å²) in [6, 6.07) is 11.1. The van der Waals surface area contributed by atoms with E-state index in [1.54, 1.807) is 7.11 Å². The molecule has 38 heavy (non-hydrogen) atoms. The summed E-state index contributed by atoms with van der Waals surface area (Å²) in [4.78, 5) is 20.4. The van der Waals surface area contributed by atoms with E-state index in [9.17, 15) is 4.79 Å². The van der Waals surface area contributed by atoms with Crippen molar-refractivity contribution in [2.45, 2.75) is 56.0 Å². The molecule has 0 bridgehead atoms. The van der Waals surface area contributed by atoms with Crippen molar-refractivity contribution in [3.05, 3.63) is 35.9 Å². The Bertz CT molecular complexity index is 840. The summed E-state index contributed by atoms with van der Waals surface area (Å²) in [5.41, 5.74) is 1.36. The van der Waals surface area contributed by atoms with Crippen LogP contribution in [0.4, 0.5) is 4.79 Å². The van der Waals surface area contributed by atoms with Crippen molar-refractivity contribution in [3.63, 3.8) is 0 Å². The molecule has 1 spiro atoms. The predicted molar refractivity (Wildman–Crippen MR) is 148 cm³/mol. The lowest BCUT2D eigenvalue weighted by atomic mass is 9.68. The van der Waals surface area contributed by atoms with Crippen LogP contribution in [0.25, 0.3) is 0 Å². The van der Waals surface area contributed by atoms with Gasteiger partial charge in [0.2, 0.25) is 0 Å². The largest absolute Gasteiger partial charge is 0.382 e. The number of hydrogen-bond acceptors (Lipinski definition) is 6. The lowest BCUT2D eigenvalue weighted by Crippen LogP contribution is -2.56. The van der Waals surface area contributed by atoms with E-state index >= 15 is 0 Å². The molecule has 0 unspecified atom stereocenters. The monoisotopic (exact) mass is 531 g/mol. The van der Waals surface area contributed by atoms with Crippen LogP contribution in [0.1, 0.15) is 50.5 Å². The van der Waals surface area contributed by atoms with Crippen LogP contribution in [0.5, 0.6) is 0 Å². The van der Waals surface area contributed by atoms with Gasteiger partial charge >= 0.3 is 6.03 Å². The van der Waals surface area contributed by atoms with Gasteiger partial charge < -0.3 is 28.7 Å². The van der Waals surface area contributed by atoms with Crippen LogP contribution in [0.2, 0.25) is 0 Å². The van der Waals surface area contributed by atoms with Crippen LogP contribution < -0.4 is 0 Å². The van der Waals surface area contributed by atoms with Gasteiger partial charge in [-0.3, -0.25) is 4.90 Å². The second-order valence-corrected chi connectivity index (χ2v) is 11.5. The molecule has 0 N–H and O–H groups in total. The van der Waals surface area contributed by atoms with Crippen molar-refractivity contribution < 1.29 is 23.7 Å². The van der Waals surface area contributed by atoms with Gasteiger partial charge in [0, 0.05) is 32.3 Å². The normalized spacial score (nSPS) is 26.1. The quantitative estimate of drug-likeness (QED) is 0.301. The lowest BCUT2D eigenvalue weighted by molar-refractivity contribution is 0.00169. The molecular formula is C30H49N3O5. The van der Waals surface area contributed by atoms with Gasteiger partial charge in [0.1, 0.15) is 0 Å². The fourth-order valence-corrected chi connectivity index (χ4v) is 6.42. The molecule has 2 saturated carbocycles. The van der Waals surface area contributed by atoms with E-state index in [1.807, 2.05) is 4.90 Å².